The Bertz CT molecular complexity index is 1840. The minimum Gasteiger partial charge on any atom is -0.308 e. The van der Waals surface area contributed by atoms with Crippen molar-refractivity contribution in [2.45, 2.75) is 33.6 Å². The number of hydrogen-bond acceptors (Lipinski definition) is 2. The summed E-state index contributed by atoms with van der Waals surface area (Å²) in [4.78, 5) is 9.58. The zero-order valence-corrected chi connectivity index (χ0v) is 23.9. The third-order valence-electron chi connectivity index (χ3n) is 8.27. The molecule has 0 spiro atoms. The number of fused-ring (bicyclic) bond motifs is 6. The topological polar surface area (TPSA) is 35.6 Å². The van der Waals surface area contributed by atoms with Crippen molar-refractivity contribution in [3.8, 4) is 11.4 Å². The molecule has 4 heteroatoms. The van der Waals surface area contributed by atoms with Crippen molar-refractivity contribution in [3.63, 3.8) is 0 Å². The Balaban J connectivity index is 1.53. The fourth-order valence-electron chi connectivity index (χ4n) is 6.47. The third kappa shape index (κ3) is 4.31. The smallest absolute Gasteiger partial charge is 0.0963 e. The van der Waals surface area contributed by atoms with Crippen molar-refractivity contribution in [2.24, 2.45) is 11.8 Å². The van der Waals surface area contributed by atoms with Gasteiger partial charge in [0.1, 0.15) is 0 Å². The zero-order valence-electron chi connectivity index (χ0n) is 23.9. The number of allylic oxidation sites excluding steroid dienone is 1. The Morgan fingerprint density at radius 3 is 1.66 bits per heavy atom. The van der Waals surface area contributed by atoms with E-state index >= 15 is 0 Å². The Morgan fingerprint density at radius 1 is 0.683 bits per heavy atom. The summed E-state index contributed by atoms with van der Waals surface area (Å²) in [5.41, 5.74) is 11.4. The zero-order chi connectivity index (χ0) is 28.1. The first-order chi connectivity index (χ1) is 20.0. The van der Waals surface area contributed by atoms with E-state index in [1.54, 1.807) is 0 Å². The van der Waals surface area contributed by atoms with Crippen LogP contribution in [0, 0.1) is 11.8 Å². The maximum atomic E-state index is 4.79. The van der Waals surface area contributed by atoms with Gasteiger partial charge in [-0.1, -0.05) is 62.4 Å². The summed E-state index contributed by atoms with van der Waals surface area (Å²) in [7, 11) is 0. The number of para-hydroxylation sites is 2. The van der Waals surface area contributed by atoms with Crippen molar-refractivity contribution in [3.05, 3.63) is 121 Å². The van der Waals surface area contributed by atoms with E-state index < -0.39 is 0 Å². The molecule has 0 saturated carbocycles. The lowest BCUT2D eigenvalue weighted by molar-refractivity contribution is 0.456. The van der Waals surface area contributed by atoms with E-state index in [2.05, 4.69) is 115 Å². The van der Waals surface area contributed by atoms with Gasteiger partial charge in [-0.3, -0.25) is 9.97 Å². The highest BCUT2D eigenvalue weighted by Crippen LogP contribution is 2.36. The quantitative estimate of drug-likeness (QED) is 0.191. The summed E-state index contributed by atoms with van der Waals surface area (Å²) in [6.07, 6.45) is 5.83. The molecule has 0 N–H and O–H groups in total. The fraction of sp³-hybridized carbons (Fsp3) is 0.189. The minimum absolute atomic E-state index is 0.415. The number of pyridine rings is 2. The molecule has 1 atom stereocenters. The van der Waals surface area contributed by atoms with Crippen LogP contribution in [0.5, 0.6) is 0 Å². The lowest BCUT2D eigenvalue weighted by Gasteiger charge is -2.21. The number of aromatic nitrogens is 4. The van der Waals surface area contributed by atoms with Gasteiger partial charge in [0, 0.05) is 34.5 Å². The molecular formula is C37H34N4. The molecule has 4 heterocycles. The molecule has 0 fully saturated rings. The summed E-state index contributed by atoms with van der Waals surface area (Å²) in [5.74, 6) is 1.02. The van der Waals surface area contributed by atoms with E-state index in [0.29, 0.717) is 11.8 Å². The fourth-order valence-corrected chi connectivity index (χ4v) is 6.47. The van der Waals surface area contributed by atoms with Gasteiger partial charge in [0.25, 0.3) is 0 Å². The molecule has 0 aliphatic carbocycles. The molecule has 3 aromatic carbocycles. The average Bonchev–Trinajstić information content (AvgIpc) is 3.50. The van der Waals surface area contributed by atoms with Crippen LogP contribution in [0.4, 0.5) is 0 Å². The Hall–Kier alpha value is -4.70. The van der Waals surface area contributed by atoms with Crippen molar-refractivity contribution in [1.82, 2.24) is 19.1 Å². The van der Waals surface area contributed by atoms with E-state index in [1.165, 1.54) is 11.1 Å². The molecular weight excluding hydrogens is 500 g/mol. The van der Waals surface area contributed by atoms with E-state index in [1.807, 2.05) is 24.5 Å². The minimum atomic E-state index is 0.415. The molecule has 7 rings (SSSR count). The van der Waals surface area contributed by atoms with E-state index in [9.17, 15) is 0 Å². The summed E-state index contributed by atoms with van der Waals surface area (Å²) >= 11 is 0. The van der Waals surface area contributed by atoms with Crippen LogP contribution in [0.3, 0.4) is 0 Å². The number of rotatable bonds is 7. The van der Waals surface area contributed by atoms with Gasteiger partial charge < -0.3 is 9.13 Å². The maximum Gasteiger partial charge on any atom is 0.0963 e. The Kier molecular flexibility index (Phi) is 6.19. The standard InChI is InChI=1S/C37H34N4/c1-24(2)19-27(25(3)4)20-26-21-28(40-32-13-7-5-11-30(32)36-34(40)15-9-17-38-36)23-29(22-26)41-33-14-8-6-12-31(33)37-35(41)16-10-18-39-37/h5-18,21-24,27H,3,19-20H2,1-2,4H3. The molecule has 202 valence electrons. The van der Waals surface area contributed by atoms with Gasteiger partial charge in [-0.15, -0.1) is 0 Å². The van der Waals surface area contributed by atoms with Crippen LogP contribution >= 0.6 is 0 Å². The molecule has 0 saturated heterocycles. The van der Waals surface area contributed by atoms with Crippen molar-refractivity contribution in [1.29, 1.82) is 0 Å². The number of nitrogens with zero attached hydrogens (tertiary/aromatic N) is 4. The second-order valence-electron chi connectivity index (χ2n) is 11.7. The molecule has 4 aromatic heterocycles. The van der Waals surface area contributed by atoms with Gasteiger partial charge in [0.05, 0.1) is 33.1 Å². The lowest BCUT2D eigenvalue weighted by Crippen LogP contribution is -2.10. The van der Waals surface area contributed by atoms with Crippen molar-refractivity contribution >= 4 is 43.9 Å². The average molecular weight is 535 g/mol. The van der Waals surface area contributed by atoms with Crippen LogP contribution in [-0.2, 0) is 6.42 Å². The second kappa shape index (κ2) is 10.0. The first-order valence-electron chi connectivity index (χ1n) is 14.5. The van der Waals surface area contributed by atoms with Crippen molar-refractivity contribution < 1.29 is 0 Å². The third-order valence-corrected chi connectivity index (χ3v) is 8.27. The van der Waals surface area contributed by atoms with E-state index in [0.717, 1.165) is 68.1 Å². The highest BCUT2D eigenvalue weighted by Gasteiger charge is 2.19. The SMILES string of the molecule is C=C(C)C(Cc1cc(-n2c3ccccc3c3ncccc32)cc(-n2c3ccccc3c3ncccc32)c1)CC(C)C. The van der Waals surface area contributed by atoms with Crippen LogP contribution in [0.25, 0.3) is 55.2 Å². The molecule has 7 aromatic rings. The van der Waals surface area contributed by atoms with E-state index in [4.69, 9.17) is 9.97 Å². The number of benzene rings is 3. The maximum absolute atomic E-state index is 4.79. The van der Waals surface area contributed by atoms with E-state index in [-0.39, 0.29) is 0 Å². The molecule has 4 nitrogen and oxygen atoms in total. The predicted octanol–water partition coefficient (Wildman–Crippen LogP) is 9.45. The highest BCUT2D eigenvalue weighted by atomic mass is 15.0. The predicted molar refractivity (Wildman–Crippen MR) is 172 cm³/mol. The monoisotopic (exact) mass is 534 g/mol. The molecule has 0 bridgehead atoms. The summed E-state index contributed by atoms with van der Waals surface area (Å²) < 4.78 is 4.74. The normalized spacial score (nSPS) is 12.7. The summed E-state index contributed by atoms with van der Waals surface area (Å²) in [6.45, 7) is 11.2. The van der Waals surface area contributed by atoms with Crippen LogP contribution in [-0.4, -0.2) is 19.1 Å². The lowest BCUT2D eigenvalue weighted by atomic mass is 9.86. The van der Waals surface area contributed by atoms with Crippen molar-refractivity contribution in [2.75, 3.05) is 0 Å². The van der Waals surface area contributed by atoms with Crippen LogP contribution in [0.2, 0.25) is 0 Å². The molecule has 0 aliphatic heterocycles. The van der Waals surface area contributed by atoms with Gasteiger partial charge in [0.15, 0.2) is 0 Å². The van der Waals surface area contributed by atoms with Gasteiger partial charge in [0.2, 0.25) is 0 Å². The Labute approximate surface area is 240 Å². The number of hydrogen-bond donors (Lipinski definition) is 0. The van der Waals surface area contributed by atoms with Gasteiger partial charge in [-0.25, -0.2) is 0 Å². The molecule has 0 amide bonds. The van der Waals surface area contributed by atoms with Gasteiger partial charge in [-0.05, 0) is 91.8 Å². The molecule has 1 unspecified atom stereocenters. The second-order valence-corrected chi connectivity index (χ2v) is 11.7. The first kappa shape index (κ1) is 25.3. The summed E-state index contributed by atoms with van der Waals surface area (Å²) in [5, 5.41) is 2.33. The highest BCUT2D eigenvalue weighted by molar-refractivity contribution is 6.08. The van der Waals surface area contributed by atoms with Crippen LogP contribution in [0.1, 0.15) is 32.8 Å². The largest absolute Gasteiger partial charge is 0.308 e. The molecule has 0 radical (unpaired) electrons. The van der Waals surface area contributed by atoms with Gasteiger partial charge in [-0.2, -0.15) is 0 Å². The van der Waals surface area contributed by atoms with Gasteiger partial charge >= 0.3 is 0 Å². The Morgan fingerprint density at radius 2 is 1.17 bits per heavy atom. The summed E-state index contributed by atoms with van der Waals surface area (Å²) in [6, 6.07) is 32.6. The first-order valence-corrected chi connectivity index (χ1v) is 14.5. The molecule has 41 heavy (non-hydrogen) atoms. The molecule has 0 aliphatic rings. The van der Waals surface area contributed by atoms with Crippen LogP contribution in [0.15, 0.2) is 116 Å². The van der Waals surface area contributed by atoms with Crippen LogP contribution < -0.4 is 0 Å².